The molecule has 1 fully saturated rings. The van der Waals surface area contributed by atoms with Crippen LogP contribution in [0.5, 0.6) is 0 Å². The van der Waals surface area contributed by atoms with Crippen molar-refractivity contribution in [3.8, 4) is 0 Å². The second-order valence-electron chi connectivity index (χ2n) is 7.17. The number of alkyl halides is 3. The van der Waals surface area contributed by atoms with E-state index in [-0.39, 0.29) is 22.7 Å². The Morgan fingerprint density at radius 1 is 1.23 bits per heavy atom. The minimum Gasteiger partial charge on any atom is -0.325 e. The minimum absolute atomic E-state index is 0.0332. The van der Waals surface area contributed by atoms with Crippen LogP contribution in [0.15, 0.2) is 41.5 Å². The fourth-order valence-corrected chi connectivity index (χ4v) is 5.21. The minimum atomic E-state index is -4.56. The van der Waals surface area contributed by atoms with Gasteiger partial charge >= 0.3 is 11.9 Å². The molecule has 0 saturated carbocycles. The summed E-state index contributed by atoms with van der Waals surface area (Å²) in [6, 6.07) is 3.72. The number of carbonyl (C=O) groups excluding carboxylic acids is 1. The van der Waals surface area contributed by atoms with E-state index in [1.54, 1.807) is 0 Å². The van der Waals surface area contributed by atoms with Crippen molar-refractivity contribution in [2.45, 2.75) is 25.2 Å². The van der Waals surface area contributed by atoms with Crippen molar-refractivity contribution in [2.75, 3.05) is 16.8 Å². The zero-order valence-corrected chi connectivity index (χ0v) is 16.7. The van der Waals surface area contributed by atoms with Crippen LogP contribution in [0.3, 0.4) is 0 Å². The number of nitrogens with one attached hydrogen (secondary N) is 1. The third-order valence-corrected chi connectivity index (χ3v) is 6.71. The molecule has 0 aliphatic carbocycles. The zero-order chi connectivity index (χ0) is 22.4. The summed E-state index contributed by atoms with van der Waals surface area (Å²) < 4.78 is 64.6. The highest BCUT2D eigenvalue weighted by molar-refractivity contribution is 7.91. The number of benzene rings is 1. The second kappa shape index (κ2) is 7.48. The van der Waals surface area contributed by atoms with Crippen LogP contribution in [0.2, 0.25) is 0 Å². The molecule has 4 rings (SSSR count). The molecule has 3 aromatic rings. The topological polar surface area (TPSA) is 116 Å². The van der Waals surface area contributed by atoms with Gasteiger partial charge in [0.2, 0.25) is 5.91 Å². The Labute approximate surface area is 173 Å². The van der Waals surface area contributed by atoms with Gasteiger partial charge in [0.05, 0.1) is 41.0 Å². The average Bonchev–Trinajstić information content (AvgIpc) is 3.26. The molecule has 1 amide bonds. The standard InChI is InChI=1S/C18H16F3N5O4S/c19-18(20,21)11-2-1-3-12(6-11)24-16(27)9-25-14-8-23-26(15(14)7-22-17(25)28)13-4-5-31(29,30)10-13/h1-3,6-8,13H,4-5,9-10H2,(H,24,27)/t13-/m0/s1. The van der Waals surface area contributed by atoms with E-state index < -0.39 is 45.8 Å². The predicted molar refractivity (Wildman–Crippen MR) is 104 cm³/mol. The van der Waals surface area contributed by atoms with E-state index in [4.69, 9.17) is 0 Å². The molecule has 13 heteroatoms. The molecule has 3 heterocycles. The third kappa shape index (κ3) is 4.31. The monoisotopic (exact) mass is 455 g/mol. The van der Waals surface area contributed by atoms with Crippen molar-refractivity contribution in [3.63, 3.8) is 0 Å². The van der Waals surface area contributed by atoms with Gasteiger partial charge in [0.1, 0.15) is 12.1 Å². The van der Waals surface area contributed by atoms with Crippen LogP contribution in [0, 0.1) is 0 Å². The van der Waals surface area contributed by atoms with Crippen LogP contribution >= 0.6 is 0 Å². The first kappa shape index (κ1) is 21.0. The molecule has 1 aromatic carbocycles. The van der Waals surface area contributed by atoms with Crippen LogP contribution in [-0.2, 0) is 27.4 Å². The molecule has 9 nitrogen and oxygen atoms in total. The van der Waals surface area contributed by atoms with Crippen molar-refractivity contribution >= 4 is 32.5 Å². The molecule has 0 radical (unpaired) electrons. The van der Waals surface area contributed by atoms with Crippen LogP contribution in [0.25, 0.3) is 11.0 Å². The molecule has 2 aromatic heterocycles. The lowest BCUT2D eigenvalue weighted by molar-refractivity contribution is -0.137. The Morgan fingerprint density at radius 2 is 2.00 bits per heavy atom. The fourth-order valence-electron chi connectivity index (χ4n) is 3.51. The number of rotatable bonds is 4. The molecule has 164 valence electrons. The number of sulfone groups is 1. The van der Waals surface area contributed by atoms with E-state index in [2.05, 4.69) is 15.4 Å². The summed E-state index contributed by atoms with van der Waals surface area (Å²) in [5.74, 6) is -0.781. The Hall–Kier alpha value is -3.22. The molecule has 0 bridgehead atoms. The second-order valence-corrected chi connectivity index (χ2v) is 9.40. The van der Waals surface area contributed by atoms with Gasteiger partial charge in [-0.2, -0.15) is 23.3 Å². The fraction of sp³-hybridized carbons (Fsp3) is 0.333. The number of hydrogen-bond donors (Lipinski definition) is 1. The Morgan fingerprint density at radius 3 is 2.68 bits per heavy atom. The van der Waals surface area contributed by atoms with Crippen molar-refractivity contribution in [1.82, 2.24) is 19.3 Å². The molecule has 1 aliphatic heterocycles. The Balaban J connectivity index is 1.59. The van der Waals surface area contributed by atoms with E-state index >= 15 is 0 Å². The van der Waals surface area contributed by atoms with Crippen molar-refractivity contribution in [1.29, 1.82) is 0 Å². The largest absolute Gasteiger partial charge is 0.416 e. The molecule has 0 spiro atoms. The highest BCUT2D eigenvalue weighted by Gasteiger charge is 2.32. The molecule has 1 saturated heterocycles. The lowest BCUT2D eigenvalue weighted by atomic mass is 10.2. The average molecular weight is 455 g/mol. The number of anilines is 1. The summed E-state index contributed by atoms with van der Waals surface area (Å²) >= 11 is 0. The van der Waals surface area contributed by atoms with Crippen molar-refractivity contribution in [2.24, 2.45) is 0 Å². The van der Waals surface area contributed by atoms with E-state index in [0.29, 0.717) is 11.9 Å². The summed E-state index contributed by atoms with van der Waals surface area (Å²) in [5.41, 5.74) is -1.08. The van der Waals surface area contributed by atoms with Gasteiger partial charge in [-0.25, -0.2) is 13.2 Å². The normalized spacial score (nSPS) is 18.4. The SMILES string of the molecule is O=C(Cn1c(=O)ncc2c1cnn2[C@H]1CCS(=O)(=O)C1)Nc1cccc(C(F)(F)F)c1. The number of hydrogen-bond acceptors (Lipinski definition) is 6. The number of aromatic nitrogens is 4. The van der Waals surface area contributed by atoms with Gasteiger partial charge in [0.15, 0.2) is 9.84 Å². The number of carbonyl (C=O) groups is 1. The van der Waals surface area contributed by atoms with E-state index in [1.165, 1.54) is 23.1 Å². The number of nitrogens with zero attached hydrogens (tertiary/aromatic N) is 4. The van der Waals surface area contributed by atoms with Gasteiger partial charge in [-0.05, 0) is 24.6 Å². The maximum atomic E-state index is 12.8. The van der Waals surface area contributed by atoms with Gasteiger partial charge in [-0.15, -0.1) is 0 Å². The van der Waals surface area contributed by atoms with Crippen LogP contribution in [0.4, 0.5) is 18.9 Å². The van der Waals surface area contributed by atoms with Crippen LogP contribution in [0.1, 0.15) is 18.0 Å². The van der Waals surface area contributed by atoms with Crippen LogP contribution < -0.4 is 11.0 Å². The highest BCUT2D eigenvalue weighted by atomic mass is 32.2. The first-order valence-electron chi connectivity index (χ1n) is 9.14. The van der Waals surface area contributed by atoms with Gasteiger partial charge in [-0.3, -0.25) is 14.0 Å². The van der Waals surface area contributed by atoms with Gasteiger partial charge in [-0.1, -0.05) is 6.07 Å². The maximum Gasteiger partial charge on any atom is 0.416 e. The number of fused-ring (bicyclic) bond motifs is 1. The van der Waals surface area contributed by atoms with Gasteiger partial charge < -0.3 is 5.32 Å². The van der Waals surface area contributed by atoms with Crippen molar-refractivity contribution in [3.05, 3.63) is 52.7 Å². The molecule has 31 heavy (non-hydrogen) atoms. The lowest BCUT2D eigenvalue weighted by Crippen LogP contribution is -2.29. The Kier molecular flexibility index (Phi) is 5.07. The smallest absolute Gasteiger partial charge is 0.325 e. The summed E-state index contributed by atoms with van der Waals surface area (Å²) in [7, 11) is -3.17. The van der Waals surface area contributed by atoms with Gasteiger partial charge in [0, 0.05) is 5.69 Å². The summed E-state index contributed by atoms with van der Waals surface area (Å²) in [6.07, 6.45) is -1.60. The first-order chi connectivity index (χ1) is 14.5. The number of amides is 1. The lowest BCUT2D eigenvalue weighted by Gasteiger charge is -2.12. The van der Waals surface area contributed by atoms with Gasteiger partial charge in [0.25, 0.3) is 0 Å². The van der Waals surface area contributed by atoms with Crippen LogP contribution in [-0.4, -0.2) is 45.2 Å². The van der Waals surface area contributed by atoms with E-state index in [9.17, 15) is 31.2 Å². The van der Waals surface area contributed by atoms with E-state index in [0.717, 1.165) is 22.8 Å². The van der Waals surface area contributed by atoms with Crippen molar-refractivity contribution < 1.29 is 26.4 Å². The summed E-state index contributed by atoms with van der Waals surface area (Å²) in [4.78, 5) is 28.4. The third-order valence-electron chi connectivity index (χ3n) is 4.96. The molecule has 0 unspecified atom stereocenters. The Bertz CT molecular complexity index is 1330. The first-order valence-corrected chi connectivity index (χ1v) is 11.0. The summed E-state index contributed by atoms with van der Waals surface area (Å²) in [6.45, 7) is -0.506. The molecular weight excluding hydrogens is 439 g/mol. The molecule has 1 aliphatic rings. The molecule has 1 N–H and O–H groups in total. The molecular formula is C18H16F3N5O4S. The maximum absolute atomic E-state index is 12.8. The summed E-state index contributed by atoms with van der Waals surface area (Å²) in [5, 5.41) is 6.50. The number of halogens is 3. The van der Waals surface area contributed by atoms with E-state index in [1.807, 2.05) is 0 Å². The zero-order valence-electron chi connectivity index (χ0n) is 15.8. The quantitative estimate of drug-likeness (QED) is 0.639. The highest BCUT2D eigenvalue weighted by Crippen LogP contribution is 2.30. The predicted octanol–water partition coefficient (Wildman–Crippen LogP) is 1.61. The molecule has 1 atom stereocenters.